The van der Waals surface area contributed by atoms with Crippen LogP contribution in [0.5, 0.6) is 5.75 Å². The van der Waals surface area contributed by atoms with Gasteiger partial charge in [0.05, 0.1) is 0 Å². The number of anilines is 1. The van der Waals surface area contributed by atoms with Crippen LogP contribution in [0.2, 0.25) is 0 Å². The van der Waals surface area contributed by atoms with E-state index in [9.17, 15) is 9.59 Å². The van der Waals surface area contributed by atoms with E-state index in [0.29, 0.717) is 18.0 Å². The van der Waals surface area contributed by atoms with Crippen molar-refractivity contribution in [2.24, 2.45) is 0 Å². The largest absolute Gasteiger partial charge is 0.484 e. The maximum Gasteiger partial charge on any atom is 0.321 e. The Balaban J connectivity index is 1.88. The van der Waals surface area contributed by atoms with Crippen molar-refractivity contribution in [3.8, 4) is 5.75 Å². The van der Waals surface area contributed by atoms with Crippen molar-refractivity contribution >= 4 is 33.6 Å². The highest BCUT2D eigenvalue weighted by atomic mass is 79.9. The highest BCUT2D eigenvalue weighted by Gasteiger charge is 2.11. The predicted octanol–water partition coefficient (Wildman–Crippen LogP) is 3.58. The van der Waals surface area contributed by atoms with Gasteiger partial charge in [0.1, 0.15) is 5.75 Å². The maximum absolute atomic E-state index is 12.3. The van der Waals surface area contributed by atoms with E-state index in [2.05, 4.69) is 21.2 Å². The molecule has 7 heteroatoms. The number of benzene rings is 2. The molecular formula is C19H22BrN3O3. The van der Waals surface area contributed by atoms with Crippen LogP contribution in [0.15, 0.2) is 53.0 Å². The number of hydrogen-bond acceptors (Lipinski definition) is 3. The van der Waals surface area contributed by atoms with Crippen LogP contribution >= 0.6 is 15.9 Å². The summed E-state index contributed by atoms with van der Waals surface area (Å²) >= 11 is 3.48. The molecule has 0 spiro atoms. The number of nitrogens with one attached hydrogen (secondary N) is 1. The van der Waals surface area contributed by atoms with Crippen LogP contribution in [0, 0.1) is 0 Å². The molecule has 0 aliphatic rings. The molecule has 0 radical (unpaired) electrons. The highest BCUT2D eigenvalue weighted by Crippen LogP contribution is 2.19. The zero-order valence-corrected chi connectivity index (χ0v) is 16.6. The van der Waals surface area contributed by atoms with Crippen LogP contribution < -0.4 is 10.1 Å². The molecule has 2 rings (SSSR count). The van der Waals surface area contributed by atoms with Crippen molar-refractivity contribution in [2.75, 3.05) is 33.1 Å². The summed E-state index contributed by atoms with van der Waals surface area (Å²) in [6.07, 6.45) is 0. The Labute approximate surface area is 161 Å². The standard InChI is InChI=1S/C19H22BrN3O3/c1-22(2)18(24)13-26-16-10-8-15(9-11-16)21-19(25)23(3)12-14-6-4-5-7-17(14)20/h4-11H,12-13H2,1-3H3,(H,21,25). The van der Waals surface area contributed by atoms with E-state index in [1.165, 1.54) is 4.90 Å². The number of nitrogens with zero attached hydrogens (tertiary/aromatic N) is 2. The molecule has 0 bridgehead atoms. The van der Waals surface area contributed by atoms with Gasteiger partial charge in [-0.3, -0.25) is 4.79 Å². The number of carbonyl (C=O) groups excluding carboxylic acids is 2. The third kappa shape index (κ3) is 5.77. The Bertz CT molecular complexity index is 763. The van der Waals surface area contributed by atoms with Gasteiger partial charge < -0.3 is 19.9 Å². The van der Waals surface area contributed by atoms with E-state index >= 15 is 0 Å². The average molecular weight is 420 g/mol. The fraction of sp³-hybridized carbons (Fsp3) is 0.263. The zero-order chi connectivity index (χ0) is 19.1. The summed E-state index contributed by atoms with van der Waals surface area (Å²) in [5.74, 6) is 0.454. The van der Waals surface area contributed by atoms with Gasteiger partial charge in [0.15, 0.2) is 6.61 Å². The minimum absolute atomic E-state index is 0.0204. The monoisotopic (exact) mass is 419 g/mol. The Kier molecular flexibility index (Phi) is 7.03. The maximum atomic E-state index is 12.3. The molecule has 26 heavy (non-hydrogen) atoms. The van der Waals surface area contributed by atoms with Gasteiger partial charge in [-0.1, -0.05) is 34.1 Å². The minimum Gasteiger partial charge on any atom is -0.484 e. The van der Waals surface area contributed by atoms with Crippen LogP contribution in [0.25, 0.3) is 0 Å². The van der Waals surface area contributed by atoms with Crippen LogP contribution in [-0.2, 0) is 11.3 Å². The van der Waals surface area contributed by atoms with Crippen molar-refractivity contribution in [1.29, 1.82) is 0 Å². The molecule has 0 unspecified atom stereocenters. The molecule has 2 aromatic carbocycles. The number of halogens is 1. The minimum atomic E-state index is -0.211. The second-order valence-corrected chi connectivity index (χ2v) is 6.83. The molecular weight excluding hydrogens is 398 g/mol. The van der Waals surface area contributed by atoms with E-state index in [1.807, 2.05) is 24.3 Å². The molecule has 138 valence electrons. The van der Waals surface area contributed by atoms with E-state index in [4.69, 9.17) is 4.74 Å². The molecule has 2 aromatic rings. The highest BCUT2D eigenvalue weighted by molar-refractivity contribution is 9.10. The molecule has 0 aliphatic carbocycles. The summed E-state index contributed by atoms with van der Waals surface area (Å²) in [4.78, 5) is 26.9. The lowest BCUT2D eigenvalue weighted by molar-refractivity contribution is -0.130. The lowest BCUT2D eigenvalue weighted by Crippen LogP contribution is -2.30. The lowest BCUT2D eigenvalue weighted by atomic mass is 10.2. The average Bonchev–Trinajstić information content (AvgIpc) is 2.62. The summed E-state index contributed by atoms with van der Waals surface area (Å²) in [5, 5.41) is 2.83. The van der Waals surface area contributed by atoms with Crippen LogP contribution in [0.4, 0.5) is 10.5 Å². The van der Waals surface area contributed by atoms with Crippen molar-refractivity contribution < 1.29 is 14.3 Å². The molecule has 3 amide bonds. The second kappa shape index (κ2) is 9.24. The van der Waals surface area contributed by atoms with Gasteiger partial charge in [-0.25, -0.2) is 4.79 Å². The predicted molar refractivity (Wildman–Crippen MR) is 105 cm³/mol. The molecule has 0 heterocycles. The van der Waals surface area contributed by atoms with E-state index < -0.39 is 0 Å². The number of ether oxygens (including phenoxy) is 1. The Hall–Kier alpha value is -2.54. The fourth-order valence-corrected chi connectivity index (χ4v) is 2.49. The van der Waals surface area contributed by atoms with Gasteiger partial charge in [-0.05, 0) is 35.9 Å². The number of hydrogen-bond donors (Lipinski definition) is 1. The molecule has 0 saturated heterocycles. The molecule has 1 N–H and O–H groups in total. The third-order valence-electron chi connectivity index (χ3n) is 3.68. The van der Waals surface area contributed by atoms with Gasteiger partial charge in [-0.2, -0.15) is 0 Å². The zero-order valence-electron chi connectivity index (χ0n) is 15.0. The van der Waals surface area contributed by atoms with Crippen LogP contribution in [0.1, 0.15) is 5.56 Å². The number of amides is 3. The summed E-state index contributed by atoms with van der Waals surface area (Å²) in [6, 6.07) is 14.5. The molecule has 0 aliphatic heterocycles. The van der Waals surface area contributed by atoms with Gasteiger partial charge in [0.25, 0.3) is 5.91 Å². The first-order valence-corrected chi connectivity index (χ1v) is 8.84. The van der Waals surface area contributed by atoms with Gasteiger partial charge in [0, 0.05) is 37.8 Å². The Morgan fingerprint density at radius 2 is 1.69 bits per heavy atom. The first-order valence-electron chi connectivity index (χ1n) is 8.05. The fourth-order valence-electron chi connectivity index (χ4n) is 2.08. The van der Waals surface area contributed by atoms with Crippen molar-refractivity contribution in [3.63, 3.8) is 0 Å². The van der Waals surface area contributed by atoms with Crippen molar-refractivity contribution in [1.82, 2.24) is 9.80 Å². The Morgan fingerprint density at radius 3 is 2.31 bits per heavy atom. The summed E-state index contributed by atoms with van der Waals surface area (Å²) in [5.41, 5.74) is 1.68. The summed E-state index contributed by atoms with van der Waals surface area (Å²) in [6.45, 7) is 0.467. The SMILES string of the molecule is CN(C)C(=O)COc1ccc(NC(=O)N(C)Cc2ccccc2Br)cc1. The first-order chi connectivity index (χ1) is 12.4. The van der Waals surface area contributed by atoms with E-state index in [1.54, 1.807) is 50.3 Å². The topological polar surface area (TPSA) is 61.9 Å². The first kappa shape index (κ1) is 19.8. The van der Waals surface area contributed by atoms with Gasteiger partial charge in [-0.15, -0.1) is 0 Å². The number of urea groups is 1. The van der Waals surface area contributed by atoms with E-state index in [0.717, 1.165) is 10.0 Å². The summed E-state index contributed by atoms with van der Waals surface area (Å²) in [7, 11) is 5.09. The molecule has 0 atom stereocenters. The number of likely N-dealkylation sites (N-methyl/N-ethyl adjacent to an activating group) is 1. The number of carbonyl (C=O) groups is 2. The quantitative estimate of drug-likeness (QED) is 0.777. The Morgan fingerprint density at radius 1 is 1.04 bits per heavy atom. The second-order valence-electron chi connectivity index (χ2n) is 5.98. The van der Waals surface area contributed by atoms with E-state index in [-0.39, 0.29) is 18.5 Å². The van der Waals surface area contributed by atoms with Crippen molar-refractivity contribution in [3.05, 3.63) is 58.6 Å². The summed E-state index contributed by atoms with van der Waals surface area (Å²) < 4.78 is 6.38. The van der Waals surface area contributed by atoms with Crippen LogP contribution in [-0.4, -0.2) is 49.5 Å². The molecule has 0 fully saturated rings. The van der Waals surface area contributed by atoms with Gasteiger partial charge >= 0.3 is 6.03 Å². The third-order valence-corrected chi connectivity index (χ3v) is 4.45. The smallest absolute Gasteiger partial charge is 0.321 e. The molecule has 0 saturated carbocycles. The molecule has 0 aromatic heterocycles. The van der Waals surface area contributed by atoms with Crippen molar-refractivity contribution in [2.45, 2.75) is 6.54 Å². The lowest BCUT2D eigenvalue weighted by Gasteiger charge is -2.19. The van der Waals surface area contributed by atoms with Crippen LogP contribution in [0.3, 0.4) is 0 Å². The molecule has 6 nitrogen and oxygen atoms in total. The normalized spacial score (nSPS) is 10.2. The van der Waals surface area contributed by atoms with Gasteiger partial charge in [0.2, 0.25) is 0 Å². The number of rotatable bonds is 6.